The van der Waals surface area contributed by atoms with Crippen molar-refractivity contribution in [1.29, 1.82) is 5.26 Å². The fourth-order valence-electron chi connectivity index (χ4n) is 2.66. The fourth-order valence-corrected chi connectivity index (χ4v) is 2.66. The highest BCUT2D eigenvalue weighted by molar-refractivity contribution is 5.92. The molecule has 0 radical (unpaired) electrons. The van der Waals surface area contributed by atoms with Crippen molar-refractivity contribution in [2.45, 2.75) is 32.7 Å². The van der Waals surface area contributed by atoms with Gasteiger partial charge in [-0.3, -0.25) is 9.69 Å². The largest absolute Gasteiger partial charge is 0.335 e. The molecule has 1 unspecified atom stereocenters. The molecule has 1 aliphatic heterocycles. The van der Waals surface area contributed by atoms with Crippen LogP contribution in [-0.4, -0.2) is 52.9 Å². The summed E-state index contributed by atoms with van der Waals surface area (Å²) in [6.45, 7) is 6.82. The van der Waals surface area contributed by atoms with E-state index >= 15 is 0 Å². The molecule has 5 heteroatoms. The van der Waals surface area contributed by atoms with Crippen molar-refractivity contribution < 1.29 is 4.79 Å². The summed E-state index contributed by atoms with van der Waals surface area (Å²) in [5, 5.41) is 9.21. The lowest BCUT2D eigenvalue weighted by Crippen LogP contribution is -2.51. The molecule has 1 aromatic heterocycles. The summed E-state index contributed by atoms with van der Waals surface area (Å²) >= 11 is 0. The molecule has 1 fully saturated rings. The zero-order chi connectivity index (χ0) is 15.2. The van der Waals surface area contributed by atoms with Crippen LogP contribution in [0.5, 0.6) is 0 Å². The number of aromatic nitrogens is 1. The minimum absolute atomic E-state index is 0.0117. The number of carbonyl (C=O) groups excluding carboxylic acids is 1. The molecule has 0 spiro atoms. The highest BCUT2D eigenvalue weighted by Crippen LogP contribution is 2.12. The monoisotopic (exact) mass is 286 g/mol. The Bertz CT molecular complexity index is 529. The van der Waals surface area contributed by atoms with Crippen molar-refractivity contribution in [2.24, 2.45) is 0 Å². The summed E-state index contributed by atoms with van der Waals surface area (Å²) in [4.78, 5) is 20.7. The van der Waals surface area contributed by atoms with Crippen molar-refractivity contribution in [3.05, 3.63) is 29.6 Å². The van der Waals surface area contributed by atoms with Crippen LogP contribution in [0.2, 0.25) is 0 Å². The number of nitrogens with zero attached hydrogens (tertiary/aromatic N) is 4. The van der Waals surface area contributed by atoms with Gasteiger partial charge in [-0.15, -0.1) is 0 Å². The Kier molecular flexibility index (Phi) is 5.29. The van der Waals surface area contributed by atoms with E-state index < -0.39 is 0 Å². The van der Waals surface area contributed by atoms with Gasteiger partial charge in [0.25, 0.3) is 5.91 Å². The van der Waals surface area contributed by atoms with Gasteiger partial charge in [0, 0.05) is 31.9 Å². The number of aryl methyl sites for hydroxylation is 1. The van der Waals surface area contributed by atoms with Gasteiger partial charge >= 0.3 is 0 Å². The first-order valence-electron chi connectivity index (χ1n) is 7.52. The van der Waals surface area contributed by atoms with Crippen molar-refractivity contribution in [1.82, 2.24) is 14.8 Å². The molecule has 0 saturated carbocycles. The summed E-state index contributed by atoms with van der Waals surface area (Å²) in [5.41, 5.74) is 1.36. The Hall–Kier alpha value is -1.93. The number of carbonyl (C=O) groups is 1. The van der Waals surface area contributed by atoms with Crippen LogP contribution in [0.25, 0.3) is 0 Å². The first-order chi connectivity index (χ1) is 10.2. The molecule has 21 heavy (non-hydrogen) atoms. The van der Waals surface area contributed by atoms with Gasteiger partial charge in [-0.05, 0) is 25.5 Å². The molecule has 0 aromatic carbocycles. The highest BCUT2D eigenvalue weighted by atomic mass is 16.2. The standard InChI is InChI=1S/C16H22N4O/c1-3-5-14(12-17)19-8-10-20(11-9-19)16(21)15-7-4-6-13(2)18-15/h4,6-7,14H,3,5,8-11H2,1-2H3. The molecule has 112 valence electrons. The van der Waals surface area contributed by atoms with Crippen LogP contribution >= 0.6 is 0 Å². The first kappa shape index (κ1) is 15.5. The van der Waals surface area contributed by atoms with Gasteiger partial charge in [0.1, 0.15) is 5.69 Å². The van der Waals surface area contributed by atoms with Crippen LogP contribution < -0.4 is 0 Å². The molecular weight excluding hydrogens is 264 g/mol. The third-order valence-electron chi connectivity index (χ3n) is 3.86. The van der Waals surface area contributed by atoms with E-state index in [1.807, 2.05) is 24.0 Å². The second-order valence-corrected chi connectivity index (χ2v) is 5.43. The lowest BCUT2D eigenvalue weighted by molar-refractivity contribution is 0.0595. The topological polar surface area (TPSA) is 60.2 Å². The molecule has 0 N–H and O–H groups in total. The van der Waals surface area contributed by atoms with Crippen LogP contribution in [0.4, 0.5) is 0 Å². The van der Waals surface area contributed by atoms with Gasteiger partial charge in [0.05, 0.1) is 12.1 Å². The Morgan fingerprint density at radius 2 is 2.10 bits per heavy atom. The number of rotatable bonds is 4. The second-order valence-electron chi connectivity index (χ2n) is 5.43. The van der Waals surface area contributed by atoms with Gasteiger partial charge in [0.2, 0.25) is 0 Å². The Morgan fingerprint density at radius 3 is 2.67 bits per heavy atom. The minimum Gasteiger partial charge on any atom is -0.335 e. The number of pyridine rings is 1. The summed E-state index contributed by atoms with van der Waals surface area (Å²) in [7, 11) is 0. The number of hydrogen-bond acceptors (Lipinski definition) is 4. The van der Waals surface area contributed by atoms with Gasteiger partial charge < -0.3 is 4.90 Å². The molecule has 1 amide bonds. The van der Waals surface area contributed by atoms with E-state index in [0.29, 0.717) is 18.8 Å². The molecule has 0 aliphatic carbocycles. The van der Waals surface area contributed by atoms with Crippen molar-refractivity contribution >= 4 is 5.91 Å². The highest BCUT2D eigenvalue weighted by Gasteiger charge is 2.26. The second kappa shape index (κ2) is 7.19. The maximum absolute atomic E-state index is 12.4. The third-order valence-corrected chi connectivity index (χ3v) is 3.86. The average molecular weight is 286 g/mol. The number of piperazine rings is 1. The quantitative estimate of drug-likeness (QED) is 0.847. The van der Waals surface area contributed by atoms with Crippen LogP contribution in [0.3, 0.4) is 0 Å². The number of nitriles is 1. The van der Waals surface area contributed by atoms with E-state index in [1.165, 1.54) is 0 Å². The molecular formula is C16H22N4O. The molecule has 2 heterocycles. The molecule has 1 aliphatic rings. The van der Waals surface area contributed by atoms with Gasteiger partial charge in [-0.25, -0.2) is 4.98 Å². The predicted molar refractivity (Wildman–Crippen MR) is 80.8 cm³/mol. The fraction of sp³-hybridized carbons (Fsp3) is 0.562. The number of hydrogen-bond donors (Lipinski definition) is 0. The maximum atomic E-state index is 12.4. The minimum atomic E-state index is -0.0238. The third kappa shape index (κ3) is 3.79. The zero-order valence-electron chi connectivity index (χ0n) is 12.7. The van der Waals surface area contributed by atoms with Crippen LogP contribution in [0.1, 0.15) is 35.9 Å². The van der Waals surface area contributed by atoms with Crippen LogP contribution in [-0.2, 0) is 0 Å². The van der Waals surface area contributed by atoms with Crippen molar-refractivity contribution in [2.75, 3.05) is 26.2 Å². The van der Waals surface area contributed by atoms with Crippen LogP contribution in [0, 0.1) is 18.3 Å². The van der Waals surface area contributed by atoms with E-state index in [4.69, 9.17) is 0 Å². The predicted octanol–water partition coefficient (Wildman–Crippen LogP) is 1.84. The molecule has 0 bridgehead atoms. The lowest BCUT2D eigenvalue weighted by atomic mass is 10.1. The molecule has 1 atom stereocenters. The first-order valence-corrected chi connectivity index (χ1v) is 7.52. The molecule has 1 aromatic rings. The van der Waals surface area contributed by atoms with Crippen LogP contribution in [0.15, 0.2) is 18.2 Å². The normalized spacial score (nSPS) is 17.3. The van der Waals surface area contributed by atoms with Gasteiger partial charge in [-0.1, -0.05) is 19.4 Å². The Morgan fingerprint density at radius 1 is 1.38 bits per heavy atom. The molecule has 5 nitrogen and oxygen atoms in total. The van der Waals surface area contributed by atoms with E-state index in [9.17, 15) is 10.1 Å². The summed E-state index contributed by atoms with van der Waals surface area (Å²) < 4.78 is 0. The zero-order valence-corrected chi connectivity index (χ0v) is 12.7. The summed E-state index contributed by atoms with van der Waals surface area (Å²) in [6, 6.07) is 7.85. The lowest BCUT2D eigenvalue weighted by Gasteiger charge is -2.36. The van der Waals surface area contributed by atoms with Crippen molar-refractivity contribution in [3.8, 4) is 6.07 Å². The Balaban J connectivity index is 1.95. The summed E-state index contributed by atoms with van der Waals surface area (Å²) in [5.74, 6) is -0.0117. The van der Waals surface area contributed by atoms with Crippen molar-refractivity contribution in [3.63, 3.8) is 0 Å². The maximum Gasteiger partial charge on any atom is 0.272 e. The molecule has 1 saturated heterocycles. The van der Waals surface area contributed by atoms with E-state index in [-0.39, 0.29) is 11.9 Å². The van der Waals surface area contributed by atoms with Gasteiger partial charge in [0.15, 0.2) is 0 Å². The SMILES string of the molecule is CCCC(C#N)N1CCN(C(=O)c2cccc(C)n2)CC1. The molecule has 2 rings (SSSR count). The van der Waals surface area contributed by atoms with Gasteiger partial charge in [-0.2, -0.15) is 5.26 Å². The van der Waals surface area contributed by atoms with E-state index in [0.717, 1.165) is 31.6 Å². The Labute approximate surface area is 126 Å². The summed E-state index contributed by atoms with van der Waals surface area (Å²) in [6.07, 6.45) is 1.90. The smallest absolute Gasteiger partial charge is 0.272 e. The van der Waals surface area contributed by atoms with E-state index in [1.54, 1.807) is 6.07 Å². The number of amides is 1. The average Bonchev–Trinajstić information content (AvgIpc) is 2.52. The van der Waals surface area contributed by atoms with E-state index in [2.05, 4.69) is 22.9 Å².